The summed E-state index contributed by atoms with van der Waals surface area (Å²) in [6, 6.07) is 13.2. The fraction of sp³-hybridized carbons (Fsp3) is 0.125. The monoisotopic (exact) mass is 340 g/mol. The summed E-state index contributed by atoms with van der Waals surface area (Å²) in [5.41, 5.74) is -0.165. The van der Waals surface area contributed by atoms with Gasteiger partial charge in [0.25, 0.3) is 5.91 Å². The number of amides is 1. The lowest BCUT2D eigenvalue weighted by Gasteiger charge is -2.17. The van der Waals surface area contributed by atoms with Gasteiger partial charge in [0.1, 0.15) is 5.88 Å². The van der Waals surface area contributed by atoms with Gasteiger partial charge in [0.15, 0.2) is 0 Å². The number of hydrogen-bond donors (Lipinski definition) is 0. The maximum Gasteiger partial charge on any atom is 0.416 e. The molecule has 0 radical (unpaired) electrons. The van der Waals surface area contributed by atoms with Crippen molar-refractivity contribution in [3.63, 3.8) is 0 Å². The highest BCUT2D eigenvalue weighted by Gasteiger charge is 2.31. The van der Waals surface area contributed by atoms with E-state index in [0.717, 1.165) is 17.1 Å². The molecule has 0 aromatic heterocycles. The third-order valence-electron chi connectivity index (χ3n) is 2.89. The Labute approximate surface area is 136 Å². The molecule has 0 atom stereocenters. The number of hydrogen-bond acceptors (Lipinski definition) is 2. The van der Waals surface area contributed by atoms with E-state index in [4.69, 9.17) is 11.6 Å². The Morgan fingerprint density at radius 2 is 1.83 bits per heavy atom. The number of alkyl halides is 4. The van der Waals surface area contributed by atoms with Crippen LogP contribution in [0, 0.1) is 0 Å². The molecule has 0 unspecified atom stereocenters. The minimum absolute atomic E-state index is 0.00217. The number of nitrogens with zero attached hydrogens (tertiary/aromatic N) is 2. The minimum Gasteiger partial charge on any atom is -0.271 e. The average molecular weight is 341 g/mol. The van der Waals surface area contributed by atoms with Gasteiger partial charge in [-0.1, -0.05) is 36.4 Å². The highest BCUT2D eigenvalue weighted by atomic mass is 35.5. The fourth-order valence-corrected chi connectivity index (χ4v) is 1.92. The molecule has 7 heteroatoms. The molecule has 0 heterocycles. The van der Waals surface area contributed by atoms with E-state index in [1.165, 1.54) is 18.3 Å². The second kappa shape index (κ2) is 7.28. The molecule has 2 rings (SSSR count). The number of rotatable bonds is 4. The van der Waals surface area contributed by atoms with E-state index in [0.29, 0.717) is 5.56 Å². The molecule has 0 saturated heterocycles. The molecule has 0 saturated carbocycles. The number of carbonyl (C=O) groups excluding carboxylic acids is 1. The number of benzene rings is 2. The highest BCUT2D eigenvalue weighted by Crippen LogP contribution is 2.31. The van der Waals surface area contributed by atoms with E-state index >= 15 is 0 Å². The zero-order valence-corrected chi connectivity index (χ0v) is 12.6. The van der Waals surface area contributed by atoms with Crippen LogP contribution >= 0.6 is 11.6 Å². The number of halogens is 4. The molecule has 2 aromatic carbocycles. The van der Waals surface area contributed by atoms with Crippen molar-refractivity contribution in [1.82, 2.24) is 0 Å². The second-order valence-electron chi connectivity index (χ2n) is 4.54. The Morgan fingerprint density at radius 1 is 1.13 bits per heavy atom. The van der Waals surface area contributed by atoms with Crippen molar-refractivity contribution in [3.8, 4) is 0 Å². The first-order valence-electron chi connectivity index (χ1n) is 6.57. The molecular weight excluding hydrogens is 329 g/mol. The third-order valence-corrected chi connectivity index (χ3v) is 3.12. The van der Waals surface area contributed by atoms with Crippen LogP contribution < -0.4 is 5.01 Å². The molecular formula is C16H12ClF3N2O. The Balaban J connectivity index is 2.36. The predicted molar refractivity (Wildman–Crippen MR) is 83.7 cm³/mol. The molecule has 0 bridgehead atoms. The van der Waals surface area contributed by atoms with Crippen LogP contribution in [0.4, 0.5) is 18.9 Å². The SMILES string of the molecule is O=C(CCl)N(/N=C/c1ccccc1)c1cccc(C(F)(F)F)c1. The Hall–Kier alpha value is -2.34. The lowest BCUT2D eigenvalue weighted by molar-refractivity contribution is -0.137. The number of carbonyl (C=O) groups is 1. The van der Waals surface area contributed by atoms with E-state index in [2.05, 4.69) is 5.10 Å². The van der Waals surface area contributed by atoms with E-state index in [9.17, 15) is 18.0 Å². The van der Waals surface area contributed by atoms with Crippen molar-refractivity contribution in [1.29, 1.82) is 0 Å². The Kier molecular flexibility index (Phi) is 5.39. The molecule has 23 heavy (non-hydrogen) atoms. The molecule has 0 aliphatic heterocycles. The summed E-state index contributed by atoms with van der Waals surface area (Å²) < 4.78 is 38.4. The van der Waals surface area contributed by atoms with E-state index < -0.39 is 23.5 Å². The number of hydrazone groups is 1. The van der Waals surface area contributed by atoms with Gasteiger partial charge in [0.2, 0.25) is 0 Å². The van der Waals surface area contributed by atoms with Gasteiger partial charge in [-0.2, -0.15) is 23.3 Å². The van der Waals surface area contributed by atoms with Crippen molar-refractivity contribution >= 4 is 29.4 Å². The minimum atomic E-state index is -4.51. The molecule has 0 aliphatic carbocycles. The molecule has 0 fully saturated rings. The highest BCUT2D eigenvalue weighted by molar-refractivity contribution is 6.29. The topological polar surface area (TPSA) is 32.7 Å². The van der Waals surface area contributed by atoms with E-state index in [1.807, 2.05) is 6.07 Å². The Morgan fingerprint density at radius 3 is 2.43 bits per heavy atom. The quantitative estimate of drug-likeness (QED) is 0.463. The largest absolute Gasteiger partial charge is 0.416 e. The summed E-state index contributed by atoms with van der Waals surface area (Å²) in [6.45, 7) is 0. The Bertz CT molecular complexity index is 702. The summed E-state index contributed by atoms with van der Waals surface area (Å²) in [5.74, 6) is -1.03. The standard InChI is InChI=1S/C16H12ClF3N2O/c17-10-15(23)22(21-11-12-5-2-1-3-6-12)14-8-4-7-13(9-14)16(18,19)20/h1-9,11H,10H2/b21-11+. The first-order valence-corrected chi connectivity index (χ1v) is 7.10. The van der Waals surface area contributed by atoms with Crippen molar-refractivity contribution in [2.24, 2.45) is 5.10 Å². The van der Waals surface area contributed by atoms with Gasteiger partial charge in [0, 0.05) is 0 Å². The molecule has 120 valence electrons. The first-order chi connectivity index (χ1) is 10.9. The van der Waals surface area contributed by atoms with Gasteiger partial charge in [-0.25, -0.2) is 0 Å². The van der Waals surface area contributed by atoms with Crippen LogP contribution in [0.5, 0.6) is 0 Å². The van der Waals surface area contributed by atoms with Crippen LogP contribution in [-0.4, -0.2) is 18.0 Å². The van der Waals surface area contributed by atoms with Crippen molar-refractivity contribution in [3.05, 3.63) is 65.7 Å². The van der Waals surface area contributed by atoms with Crippen LogP contribution in [0.25, 0.3) is 0 Å². The third kappa shape index (κ3) is 4.56. The second-order valence-corrected chi connectivity index (χ2v) is 4.81. The van der Waals surface area contributed by atoms with Crippen LogP contribution in [0.2, 0.25) is 0 Å². The number of anilines is 1. The molecule has 2 aromatic rings. The summed E-state index contributed by atoms with van der Waals surface area (Å²) in [4.78, 5) is 11.9. The van der Waals surface area contributed by atoms with Gasteiger partial charge >= 0.3 is 6.18 Å². The summed E-state index contributed by atoms with van der Waals surface area (Å²) in [5, 5.41) is 4.82. The predicted octanol–water partition coefficient (Wildman–Crippen LogP) is 4.31. The normalized spacial score (nSPS) is 11.7. The van der Waals surface area contributed by atoms with Crippen LogP contribution in [0.1, 0.15) is 11.1 Å². The van der Waals surface area contributed by atoms with Gasteiger partial charge < -0.3 is 0 Å². The van der Waals surface area contributed by atoms with Gasteiger partial charge in [-0.3, -0.25) is 4.79 Å². The lowest BCUT2D eigenvalue weighted by Crippen LogP contribution is -2.27. The van der Waals surface area contributed by atoms with Crippen molar-refractivity contribution < 1.29 is 18.0 Å². The van der Waals surface area contributed by atoms with Crippen LogP contribution in [0.15, 0.2) is 59.7 Å². The molecule has 0 aliphatic rings. The lowest BCUT2D eigenvalue weighted by atomic mass is 10.2. The molecule has 0 spiro atoms. The van der Waals surface area contributed by atoms with Gasteiger partial charge in [-0.15, -0.1) is 11.6 Å². The summed E-state index contributed by atoms with van der Waals surface area (Å²) in [6.07, 6.45) is -3.13. The summed E-state index contributed by atoms with van der Waals surface area (Å²) in [7, 11) is 0. The molecule has 3 nitrogen and oxygen atoms in total. The first kappa shape index (κ1) is 17.0. The maximum atomic E-state index is 12.8. The van der Waals surface area contributed by atoms with Gasteiger partial charge in [0.05, 0.1) is 17.5 Å². The zero-order chi connectivity index (χ0) is 16.9. The maximum absolute atomic E-state index is 12.8. The fourth-order valence-electron chi connectivity index (χ4n) is 1.81. The van der Waals surface area contributed by atoms with Crippen LogP contribution in [-0.2, 0) is 11.0 Å². The molecule has 1 amide bonds. The smallest absolute Gasteiger partial charge is 0.271 e. The summed E-state index contributed by atoms with van der Waals surface area (Å²) >= 11 is 5.52. The van der Waals surface area contributed by atoms with E-state index in [1.54, 1.807) is 24.3 Å². The van der Waals surface area contributed by atoms with Crippen molar-refractivity contribution in [2.45, 2.75) is 6.18 Å². The van der Waals surface area contributed by atoms with Crippen molar-refractivity contribution in [2.75, 3.05) is 10.9 Å². The zero-order valence-electron chi connectivity index (χ0n) is 11.8. The average Bonchev–Trinajstić information content (AvgIpc) is 2.55. The van der Waals surface area contributed by atoms with Gasteiger partial charge in [-0.05, 0) is 23.8 Å². The molecule has 0 N–H and O–H groups in total. The van der Waals surface area contributed by atoms with Crippen LogP contribution in [0.3, 0.4) is 0 Å². The van der Waals surface area contributed by atoms with E-state index in [-0.39, 0.29) is 5.69 Å².